The van der Waals surface area contributed by atoms with Gasteiger partial charge in [0.1, 0.15) is 0 Å². The van der Waals surface area contributed by atoms with Gasteiger partial charge in [0, 0.05) is 32.4 Å². The molecule has 1 fully saturated rings. The van der Waals surface area contributed by atoms with Crippen LogP contribution in [0.5, 0.6) is 0 Å². The summed E-state index contributed by atoms with van der Waals surface area (Å²) >= 11 is 0. The Bertz CT molecular complexity index is 580. The number of aryl methyl sites for hydroxylation is 1. The molecular formula is C15H16F5NO2. The summed E-state index contributed by atoms with van der Waals surface area (Å²) in [5, 5.41) is 9.53. The Morgan fingerprint density at radius 1 is 1.17 bits per heavy atom. The average Bonchev–Trinajstić information content (AvgIpc) is 2.48. The second-order valence-corrected chi connectivity index (χ2v) is 5.66. The highest BCUT2D eigenvalue weighted by Gasteiger charge is 2.54. The van der Waals surface area contributed by atoms with Crippen LogP contribution in [0.25, 0.3) is 0 Å². The minimum Gasteiger partial charge on any atom is -0.380 e. The number of halogens is 5. The van der Waals surface area contributed by atoms with Gasteiger partial charge in [0.25, 0.3) is 0 Å². The number of aliphatic hydroxyl groups is 1. The maximum Gasteiger partial charge on any atom is 0.417 e. The summed E-state index contributed by atoms with van der Waals surface area (Å²) in [6.45, 7) is -0.376. The number of amides is 1. The number of hydrogen-bond donors (Lipinski definition) is 1. The number of likely N-dealkylation sites (tertiary alicyclic amines) is 1. The second-order valence-electron chi connectivity index (χ2n) is 5.66. The number of benzene rings is 1. The first-order chi connectivity index (χ1) is 10.6. The fourth-order valence-electron chi connectivity index (χ4n) is 2.51. The predicted molar refractivity (Wildman–Crippen MR) is 71.5 cm³/mol. The van der Waals surface area contributed by atoms with Crippen LogP contribution in [0.4, 0.5) is 22.0 Å². The topological polar surface area (TPSA) is 40.5 Å². The van der Waals surface area contributed by atoms with Crippen LogP contribution in [-0.4, -0.2) is 40.8 Å². The van der Waals surface area contributed by atoms with E-state index < -0.39 is 36.3 Å². The van der Waals surface area contributed by atoms with Gasteiger partial charge in [-0.05, 0) is 24.1 Å². The van der Waals surface area contributed by atoms with Crippen molar-refractivity contribution in [2.24, 2.45) is 0 Å². The highest BCUT2D eigenvalue weighted by molar-refractivity contribution is 5.76. The number of carbonyl (C=O) groups excluding carboxylic acids is 1. The normalized spacial score (nSPS) is 18.1. The zero-order chi connectivity index (χ0) is 17.3. The van der Waals surface area contributed by atoms with E-state index in [2.05, 4.69) is 0 Å². The summed E-state index contributed by atoms with van der Waals surface area (Å²) in [5.74, 6) is -2.37. The predicted octanol–water partition coefficient (Wildman–Crippen LogP) is 2.81. The number of hydrogen-bond acceptors (Lipinski definition) is 2. The molecule has 1 aliphatic heterocycles. The Kier molecular flexibility index (Phi) is 4.93. The van der Waals surface area contributed by atoms with Crippen molar-refractivity contribution in [1.82, 2.24) is 4.90 Å². The molecule has 1 amide bonds. The maximum absolute atomic E-state index is 13.1. The summed E-state index contributed by atoms with van der Waals surface area (Å²) < 4.78 is 63.9. The van der Waals surface area contributed by atoms with Gasteiger partial charge >= 0.3 is 6.18 Å². The quantitative estimate of drug-likeness (QED) is 0.862. The lowest BCUT2D eigenvalue weighted by Crippen LogP contribution is -2.54. The van der Waals surface area contributed by atoms with Crippen LogP contribution < -0.4 is 0 Å². The molecule has 1 saturated heterocycles. The Labute approximate surface area is 129 Å². The SMILES string of the molecule is O=C(CCc1ccc(F)c(F)c1)N1CCC(O)(C(F)(F)F)CC1. The van der Waals surface area contributed by atoms with E-state index in [0.717, 1.165) is 12.1 Å². The van der Waals surface area contributed by atoms with Crippen LogP contribution in [0.15, 0.2) is 18.2 Å². The molecule has 2 rings (SSSR count). The zero-order valence-electron chi connectivity index (χ0n) is 12.2. The molecule has 0 atom stereocenters. The first-order valence-corrected chi connectivity index (χ1v) is 7.13. The number of rotatable bonds is 3. The molecule has 0 aliphatic carbocycles. The van der Waals surface area contributed by atoms with E-state index in [4.69, 9.17) is 0 Å². The number of alkyl halides is 3. The molecule has 1 aromatic carbocycles. The molecule has 0 radical (unpaired) electrons. The molecule has 0 unspecified atom stereocenters. The Morgan fingerprint density at radius 3 is 2.30 bits per heavy atom. The Balaban J connectivity index is 1.87. The third kappa shape index (κ3) is 3.99. The maximum atomic E-state index is 13.1. The molecule has 1 aliphatic rings. The van der Waals surface area contributed by atoms with Gasteiger partial charge in [-0.2, -0.15) is 13.2 Å². The van der Waals surface area contributed by atoms with Crippen molar-refractivity contribution in [3.05, 3.63) is 35.4 Å². The average molecular weight is 337 g/mol. The monoisotopic (exact) mass is 337 g/mol. The summed E-state index contributed by atoms with van der Waals surface area (Å²) in [7, 11) is 0. The fraction of sp³-hybridized carbons (Fsp3) is 0.533. The summed E-state index contributed by atoms with van der Waals surface area (Å²) in [6.07, 6.45) is -5.69. The first kappa shape index (κ1) is 17.7. The van der Waals surface area contributed by atoms with E-state index in [9.17, 15) is 31.9 Å². The van der Waals surface area contributed by atoms with Gasteiger partial charge in [0.15, 0.2) is 17.2 Å². The van der Waals surface area contributed by atoms with Gasteiger partial charge < -0.3 is 10.0 Å². The van der Waals surface area contributed by atoms with Crippen LogP contribution >= 0.6 is 0 Å². The summed E-state index contributed by atoms with van der Waals surface area (Å²) in [6, 6.07) is 3.30. The van der Waals surface area contributed by atoms with Gasteiger partial charge in [-0.3, -0.25) is 4.79 Å². The van der Waals surface area contributed by atoms with Crippen LogP contribution in [0.2, 0.25) is 0 Å². The van der Waals surface area contributed by atoms with Crippen molar-refractivity contribution >= 4 is 5.91 Å². The van der Waals surface area contributed by atoms with E-state index >= 15 is 0 Å². The number of carbonyl (C=O) groups is 1. The lowest BCUT2D eigenvalue weighted by molar-refractivity contribution is -0.272. The van der Waals surface area contributed by atoms with Crippen LogP contribution in [-0.2, 0) is 11.2 Å². The molecule has 23 heavy (non-hydrogen) atoms. The van der Waals surface area contributed by atoms with Crippen molar-refractivity contribution < 1.29 is 31.9 Å². The van der Waals surface area contributed by atoms with Crippen molar-refractivity contribution in [1.29, 1.82) is 0 Å². The molecule has 128 valence electrons. The van der Waals surface area contributed by atoms with E-state index in [1.54, 1.807) is 0 Å². The molecule has 8 heteroatoms. The Morgan fingerprint density at radius 2 is 1.78 bits per heavy atom. The van der Waals surface area contributed by atoms with Crippen LogP contribution in [0.1, 0.15) is 24.8 Å². The molecule has 1 aromatic rings. The third-order valence-electron chi connectivity index (χ3n) is 4.08. The highest BCUT2D eigenvalue weighted by Crippen LogP contribution is 2.38. The van der Waals surface area contributed by atoms with Crippen molar-refractivity contribution in [3.8, 4) is 0 Å². The number of piperidine rings is 1. The molecule has 3 nitrogen and oxygen atoms in total. The van der Waals surface area contributed by atoms with Gasteiger partial charge in [-0.25, -0.2) is 8.78 Å². The zero-order valence-corrected chi connectivity index (χ0v) is 12.2. The summed E-state index contributed by atoms with van der Waals surface area (Å²) in [5.41, 5.74) is -2.31. The van der Waals surface area contributed by atoms with E-state index in [-0.39, 0.29) is 31.8 Å². The van der Waals surface area contributed by atoms with Gasteiger partial charge in [0.05, 0.1) is 0 Å². The second kappa shape index (κ2) is 6.43. The minimum absolute atomic E-state index is 0.0183. The highest BCUT2D eigenvalue weighted by atomic mass is 19.4. The largest absolute Gasteiger partial charge is 0.417 e. The van der Waals surface area contributed by atoms with Crippen molar-refractivity contribution in [3.63, 3.8) is 0 Å². The fourth-order valence-corrected chi connectivity index (χ4v) is 2.51. The van der Waals surface area contributed by atoms with E-state index in [1.807, 2.05) is 0 Å². The lowest BCUT2D eigenvalue weighted by atomic mass is 9.90. The van der Waals surface area contributed by atoms with Crippen LogP contribution in [0.3, 0.4) is 0 Å². The molecule has 1 heterocycles. The van der Waals surface area contributed by atoms with Crippen molar-refractivity contribution in [2.45, 2.75) is 37.5 Å². The lowest BCUT2D eigenvalue weighted by Gasteiger charge is -2.39. The van der Waals surface area contributed by atoms with Gasteiger partial charge in [0.2, 0.25) is 5.91 Å². The van der Waals surface area contributed by atoms with E-state index in [1.165, 1.54) is 11.0 Å². The molecular weight excluding hydrogens is 321 g/mol. The molecule has 1 N–H and O–H groups in total. The van der Waals surface area contributed by atoms with Gasteiger partial charge in [-0.1, -0.05) is 6.07 Å². The first-order valence-electron chi connectivity index (χ1n) is 7.13. The molecule has 0 spiro atoms. The molecule has 0 saturated carbocycles. The molecule has 0 bridgehead atoms. The smallest absolute Gasteiger partial charge is 0.380 e. The van der Waals surface area contributed by atoms with Gasteiger partial charge in [-0.15, -0.1) is 0 Å². The summed E-state index contributed by atoms with van der Waals surface area (Å²) in [4.78, 5) is 13.2. The van der Waals surface area contributed by atoms with Crippen molar-refractivity contribution in [2.75, 3.05) is 13.1 Å². The number of nitrogens with zero attached hydrogens (tertiary/aromatic N) is 1. The van der Waals surface area contributed by atoms with E-state index in [0.29, 0.717) is 5.56 Å². The standard InChI is InChI=1S/C15H16F5NO2/c16-11-3-1-10(9-12(11)17)2-4-13(22)21-7-5-14(23,6-8-21)15(18,19)20/h1,3,9,23H,2,4-8H2. The third-order valence-corrected chi connectivity index (χ3v) is 4.08. The van der Waals surface area contributed by atoms with Crippen LogP contribution in [0, 0.1) is 11.6 Å². The minimum atomic E-state index is -4.71. The Hall–Kier alpha value is -1.70. The molecule has 0 aromatic heterocycles.